The number of nitrogens with zero attached hydrogens (tertiary/aromatic N) is 3. The van der Waals surface area contributed by atoms with Crippen molar-refractivity contribution in [3.63, 3.8) is 0 Å². The number of hydrogen-bond donors (Lipinski definition) is 1. The van der Waals surface area contributed by atoms with Gasteiger partial charge in [0.15, 0.2) is 0 Å². The van der Waals surface area contributed by atoms with Crippen molar-refractivity contribution in [2.75, 3.05) is 31.2 Å². The molecule has 24 heavy (non-hydrogen) atoms. The lowest BCUT2D eigenvalue weighted by Gasteiger charge is -2.48. The highest BCUT2D eigenvalue weighted by atomic mass is 19.4. The molecule has 0 aliphatic carbocycles. The van der Waals surface area contributed by atoms with Gasteiger partial charge in [-0.25, -0.2) is 9.97 Å². The number of aliphatic hydroxyl groups is 1. The summed E-state index contributed by atoms with van der Waals surface area (Å²) < 4.78 is 43.8. The summed E-state index contributed by atoms with van der Waals surface area (Å²) in [4.78, 5) is 9.36. The van der Waals surface area contributed by atoms with E-state index < -0.39 is 17.5 Å². The highest BCUT2D eigenvalue weighted by Gasteiger charge is 2.45. The molecule has 134 valence electrons. The van der Waals surface area contributed by atoms with Crippen LogP contribution in [0.4, 0.5) is 19.1 Å². The van der Waals surface area contributed by atoms with Gasteiger partial charge in [0.1, 0.15) is 5.69 Å². The van der Waals surface area contributed by atoms with E-state index in [2.05, 4.69) is 9.97 Å². The van der Waals surface area contributed by atoms with Gasteiger partial charge in [0.05, 0.1) is 5.60 Å². The molecule has 5 nitrogen and oxygen atoms in total. The van der Waals surface area contributed by atoms with E-state index >= 15 is 0 Å². The third-order valence-corrected chi connectivity index (χ3v) is 5.27. The summed E-state index contributed by atoms with van der Waals surface area (Å²) in [5.74, 6) is 0.170. The minimum Gasteiger partial charge on any atom is -0.389 e. The Kier molecular flexibility index (Phi) is 4.70. The molecule has 0 amide bonds. The van der Waals surface area contributed by atoms with Crippen LogP contribution in [0, 0.1) is 11.8 Å². The summed E-state index contributed by atoms with van der Waals surface area (Å²) >= 11 is 0. The molecule has 2 aliphatic rings. The van der Waals surface area contributed by atoms with E-state index in [9.17, 15) is 18.3 Å². The van der Waals surface area contributed by atoms with E-state index in [1.807, 2.05) is 6.92 Å². The number of hydrogen-bond acceptors (Lipinski definition) is 5. The number of anilines is 1. The number of halogens is 3. The fraction of sp³-hybridized carbons (Fsp3) is 0.750. The third-order valence-electron chi connectivity index (χ3n) is 5.27. The van der Waals surface area contributed by atoms with Crippen LogP contribution in [0.2, 0.25) is 0 Å². The molecule has 1 aromatic heterocycles. The highest BCUT2D eigenvalue weighted by Crippen LogP contribution is 2.40. The quantitative estimate of drug-likeness (QED) is 0.892. The largest absolute Gasteiger partial charge is 0.433 e. The van der Waals surface area contributed by atoms with Gasteiger partial charge in [-0.1, -0.05) is 6.92 Å². The van der Waals surface area contributed by atoms with Crippen molar-refractivity contribution in [1.29, 1.82) is 0 Å². The Balaban J connectivity index is 1.73. The maximum absolute atomic E-state index is 12.8. The predicted molar refractivity (Wildman–Crippen MR) is 81.5 cm³/mol. The fourth-order valence-electron chi connectivity index (χ4n) is 3.78. The third kappa shape index (κ3) is 3.35. The second kappa shape index (κ2) is 6.48. The zero-order chi connectivity index (χ0) is 17.4. The number of piperidine rings is 1. The van der Waals surface area contributed by atoms with E-state index in [1.165, 1.54) is 0 Å². The molecule has 1 N–H and O–H groups in total. The second-order valence-corrected chi connectivity index (χ2v) is 6.71. The zero-order valence-corrected chi connectivity index (χ0v) is 13.6. The molecule has 0 aromatic carbocycles. The number of aromatic nitrogens is 2. The Labute approximate surface area is 138 Å². The van der Waals surface area contributed by atoms with E-state index in [0.29, 0.717) is 32.7 Å². The summed E-state index contributed by atoms with van der Waals surface area (Å²) in [5, 5.41) is 11.1. The van der Waals surface area contributed by atoms with Crippen molar-refractivity contribution in [2.24, 2.45) is 11.8 Å². The molecule has 3 heterocycles. The van der Waals surface area contributed by atoms with Crippen molar-refractivity contribution in [3.05, 3.63) is 18.0 Å². The van der Waals surface area contributed by atoms with Gasteiger partial charge in [-0.2, -0.15) is 13.2 Å². The van der Waals surface area contributed by atoms with Crippen LogP contribution in [-0.2, 0) is 10.9 Å². The SMILES string of the molecule is C[C@@H]1CN(c2nccc(C(F)(F)F)n2)CC[C@@]1(O)C1CCOCC1. The van der Waals surface area contributed by atoms with Crippen molar-refractivity contribution in [3.8, 4) is 0 Å². The van der Waals surface area contributed by atoms with Crippen molar-refractivity contribution in [2.45, 2.75) is 38.0 Å². The van der Waals surface area contributed by atoms with Crippen molar-refractivity contribution in [1.82, 2.24) is 9.97 Å². The first kappa shape index (κ1) is 17.4. The molecule has 8 heteroatoms. The van der Waals surface area contributed by atoms with Gasteiger partial charge in [-0.3, -0.25) is 0 Å². The lowest BCUT2D eigenvalue weighted by Crippen LogP contribution is -2.56. The molecular formula is C16H22F3N3O2. The summed E-state index contributed by atoms with van der Waals surface area (Å²) in [5.41, 5.74) is -1.74. The Bertz CT molecular complexity index is 578. The standard InChI is InChI=1S/C16H22F3N3O2/c1-11-10-22(14-20-6-2-13(21-14)16(17,18)19)7-5-15(11,23)12-3-8-24-9-4-12/h2,6,11-12,23H,3-5,7-10H2,1H3/t11-,15+/m1/s1. The van der Waals surface area contributed by atoms with E-state index in [-0.39, 0.29) is 17.8 Å². The average Bonchev–Trinajstić information content (AvgIpc) is 2.57. The number of ether oxygens (including phenoxy) is 1. The van der Waals surface area contributed by atoms with Crippen LogP contribution in [0.5, 0.6) is 0 Å². The topological polar surface area (TPSA) is 58.5 Å². The van der Waals surface area contributed by atoms with E-state index in [0.717, 1.165) is 25.1 Å². The Hall–Kier alpha value is -1.41. The molecule has 0 radical (unpaired) electrons. The number of rotatable bonds is 2. The van der Waals surface area contributed by atoms with Crippen LogP contribution < -0.4 is 4.90 Å². The molecule has 0 saturated carbocycles. The van der Waals surface area contributed by atoms with E-state index in [1.54, 1.807) is 4.90 Å². The van der Waals surface area contributed by atoms with Gasteiger partial charge < -0.3 is 14.7 Å². The second-order valence-electron chi connectivity index (χ2n) is 6.71. The summed E-state index contributed by atoms with van der Waals surface area (Å²) in [6.45, 7) is 4.13. The average molecular weight is 345 g/mol. The van der Waals surface area contributed by atoms with Gasteiger partial charge in [0.2, 0.25) is 5.95 Å². The first-order valence-corrected chi connectivity index (χ1v) is 8.26. The van der Waals surface area contributed by atoms with Gasteiger partial charge >= 0.3 is 6.18 Å². The van der Waals surface area contributed by atoms with Gasteiger partial charge in [0.25, 0.3) is 0 Å². The van der Waals surface area contributed by atoms with E-state index in [4.69, 9.17) is 4.74 Å². The molecule has 3 rings (SSSR count). The molecular weight excluding hydrogens is 323 g/mol. The summed E-state index contributed by atoms with van der Waals surface area (Å²) in [7, 11) is 0. The smallest absolute Gasteiger partial charge is 0.389 e. The highest BCUT2D eigenvalue weighted by molar-refractivity contribution is 5.32. The van der Waals surface area contributed by atoms with Gasteiger partial charge in [-0.05, 0) is 31.2 Å². The molecule has 0 unspecified atom stereocenters. The predicted octanol–water partition coefficient (Wildman–Crippen LogP) is 2.50. The van der Waals surface area contributed by atoms with Crippen LogP contribution in [0.3, 0.4) is 0 Å². The normalized spacial score (nSPS) is 29.7. The van der Waals surface area contributed by atoms with Crippen molar-refractivity contribution >= 4 is 5.95 Å². The van der Waals surface area contributed by atoms with Gasteiger partial charge in [-0.15, -0.1) is 0 Å². The monoisotopic (exact) mass is 345 g/mol. The first-order valence-electron chi connectivity index (χ1n) is 8.26. The summed E-state index contributed by atoms with van der Waals surface area (Å²) in [6, 6.07) is 0.870. The van der Waals surface area contributed by atoms with Crippen LogP contribution in [0.15, 0.2) is 12.3 Å². The van der Waals surface area contributed by atoms with Crippen LogP contribution in [0.25, 0.3) is 0 Å². The van der Waals surface area contributed by atoms with Crippen molar-refractivity contribution < 1.29 is 23.0 Å². The lowest BCUT2D eigenvalue weighted by atomic mass is 9.70. The number of alkyl halides is 3. The molecule has 1 aromatic rings. The van der Waals surface area contributed by atoms with Crippen LogP contribution in [0.1, 0.15) is 31.9 Å². The minimum absolute atomic E-state index is 0.0747. The zero-order valence-electron chi connectivity index (χ0n) is 13.6. The van der Waals surface area contributed by atoms with Crippen LogP contribution >= 0.6 is 0 Å². The molecule has 0 bridgehead atoms. The maximum Gasteiger partial charge on any atom is 0.433 e. The fourth-order valence-corrected chi connectivity index (χ4v) is 3.78. The lowest BCUT2D eigenvalue weighted by molar-refractivity contribution is -0.141. The first-order chi connectivity index (χ1) is 11.3. The molecule has 2 saturated heterocycles. The van der Waals surface area contributed by atoms with Gasteiger partial charge in [0, 0.05) is 38.4 Å². The van der Waals surface area contributed by atoms with Crippen LogP contribution in [-0.4, -0.2) is 47.0 Å². The molecule has 2 atom stereocenters. The Morgan fingerprint density at radius 1 is 1.33 bits per heavy atom. The molecule has 2 fully saturated rings. The Morgan fingerprint density at radius 3 is 2.67 bits per heavy atom. The Morgan fingerprint density at radius 2 is 2.04 bits per heavy atom. The molecule has 2 aliphatic heterocycles. The minimum atomic E-state index is -4.48. The molecule has 0 spiro atoms. The maximum atomic E-state index is 12.8. The summed E-state index contributed by atoms with van der Waals surface area (Å²) in [6.07, 6.45) is -1.21.